The van der Waals surface area contributed by atoms with Gasteiger partial charge in [0, 0.05) is 11.3 Å². The summed E-state index contributed by atoms with van der Waals surface area (Å²) in [6.45, 7) is 0. The molecule has 152 valence electrons. The normalized spacial score (nSPS) is 15.3. The van der Waals surface area contributed by atoms with Gasteiger partial charge >= 0.3 is 5.69 Å². The number of aromatic amines is 2. The van der Waals surface area contributed by atoms with Crippen molar-refractivity contribution in [2.75, 3.05) is 5.32 Å². The van der Waals surface area contributed by atoms with E-state index in [9.17, 15) is 14.3 Å². The molecule has 4 aromatic rings. The lowest BCUT2D eigenvalue weighted by Gasteiger charge is -2.08. The number of halogens is 2. The van der Waals surface area contributed by atoms with Gasteiger partial charge in [-0.1, -0.05) is 17.7 Å². The highest BCUT2D eigenvalue weighted by Gasteiger charge is 2.20. The number of rotatable bonds is 4. The maximum absolute atomic E-state index is 13.8. The van der Waals surface area contributed by atoms with Crippen LogP contribution in [0.4, 0.5) is 15.9 Å². The molecule has 0 unspecified atom stereocenters. The van der Waals surface area contributed by atoms with Crippen LogP contribution in [0.25, 0.3) is 11.7 Å². The predicted octanol–water partition coefficient (Wildman–Crippen LogP) is 1.60. The van der Waals surface area contributed by atoms with E-state index in [1.165, 1.54) is 6.07 Å². The third kappa shape index (κ3) is 3.41. The number of hydrogen-bond acceptors (Lipinski definition) is 6. The molecular formula is C19H15ClFN7O2. The van der Waals surface area contributed by atoms with E-state index in [1.807, 2.05) is 0 Å². The van der Waals surface area contributed by atoms with Crippen LogP contribution in [-0.2, 0) is 0 Å². The molecule has 30 heavy (non-hydrogen) atoms. The van der Waals surface area contributed by atoms with Gasteiger partial charge in [-0.2, -0.15) is 9.61 Å². The first-order valence-corrected chi connectivity index (χ1v) is 9.52. The van der Waals surface area contributed by atoms with Crippen LogP contribution in [-0.4, -0.2) is 35.7 Å². The molecule has 0 radical (unpaired) electrons. The Labute approximate surface area is 172 Å². The van der Waals surface area contributed by atoms with Crippen LogP contribution in [0.5, 0.6) is 5.88 Å². The maximum atomic E-state index is 13.8. The summed E-state index contributed by atoms with van der Waals surface area (Å²) < 4.78 is 15.4. The standard InChI is InChI=1S/C19H15ClFN7O2/c20-16-11(21)2-1-3-12(16)24-14-7-15(23-10-4-5-10)28-17(26-14)9(8-22-28)6-13-18(29)27-19(30)25-13/h1-3,6-8,10,24,29H,4-5H2,(H2,25,27,30). The summed E-state index contributed by atoms with van der Waals surface area (Å²) in [4.78, 5) is 25.4. The molecule has 1 aliphatic carbocycles. The van der Waals surface area contributed by atoms with Crippen LogP contribution in [0, 0.1) is 5.82 Å². The van der Waals surface area contributed by atoms with Gasteiger partial charge in [0.25, 0.3) is 0 Å². The molecule has 11 heteroatoms. The van der Waals surface area contributed by atoms with Crippen LogP contribution in [0.2, 0.25) is 5.02 Å². The lowest BCUT2D eigenvalue weighted by Crippen LogP contribution is -2.20. The fourth-order valence-electron chi connectivity index (χ4n) is 3.00. The summed E-state index contributed by atoms with van der Waals surface area (Å²) in [5, 5.41) is 17.7. The summed E-state index contributed by atoms with van der Waals surface area (Å²) in [6, 6.07) is 6.38. The first kappa shape index (κ1) is 18.4. The number of imidazole rings is 1. The van der Waals surface area contributed by atoms with E-state index in [2.05, 4.69) is 30.4 Å². The number of hydrogen-bond donors (Lipinski definition) is 4. The molecule has 1 saturated carbocycles. The van der Waals surface area contributed by atoms with Crippen molar-refractivity contribution in [1.82, 2.24) is 24.6 Å². The Morgan fingerprint density at radius 2 is 2.20 bits per heavy atom. The zero-order valence-corrected chi connectivity index (χ0v) is 16.1. The summed E-state index contributed by atoms with van der Waals surface area (Å²) in [6.07, 6.45) is 5.10. The van der Waals surface area contributed by atoms with Gasteiger partial charge in [0.05, 0.1) is 22.9 Å². The molecule has 5 rings (SSSR count). The summed E-state index contributed by atoms with van der Waals surface area (Å²) >= 11 is 6.06. The Morgan fingerprint density at radius 3 is 2.93 bits per heavy atom. The predicted molar refractivity (Wildman–Crippen MR) is 108 cm³/mol. The fraction of sp³-hybridized carbons (Fsp3) is 0.158. The topological polar surface area (TPSA) is 123 Å². The highest BCUT2D eigenvalue weighted by Crippen LogP contribution is 2.27. The SMILES string of the molecule is O=c1[nH]c(O)c(C=c2cnn3c(=NC4CC4)cc(Nc4cccc(F)c4Cl)nc23)[nH]1. The second-order valence-electron chi connectivity index (χ2n) is 6.91. The van der Waals surface area contributed by atoms with Crippen molar-refractivity contribution in [2.45, 2.75) is 18.9 Å². The maximum Gasteiger partial charge on any atom is 0.326 e. The van der Waals surface area contributed by atoms with Gasteiger partial charge in [-0.15, -0.1) is 0 Å². The number of H-pyrrole nitrogens is 2. The second-order valence-corrected chi connectivity index (χ2v) is 7.29. The molecule has 1 aromatic carbocycles. The highest BCUT2D eigenvalue weighted by atomic mass is 35.5. The molecule has 1 aliphatic rings. The average Bonchev–Trinajstić information content (AvgIpc) is 3.34. The lowest BCUT2D eigenvalue weighted by molar-refractivity contribution is 0.454. The Morgan fingerprint density at radius 1 is 1.37 bits per heavy atom. The first-order valence-electron chi connectivity index (χ1n) is 9.14. The van der Waals surface area contributed by atoms with Gasteiger partial charge in [-0.25, -0.2) is 14.2 Å². The smallest absolute Gasteiger partial charge is 0.326 e. The van der Waals surface area contributed by atoms with Crippen LogP contribution < -0.4 is 21.7 Å². The molecule has 3 aromatic heterocycles. The van der Waals surface area contributed by atoms with Crippen molar-refractivity contribution in [2.24, 2.45) is 4.99 Å². The van der Waals surface area contributed by atoms with Crippen LogP contribution in [0.1, 0.15) is 18.5 Å². The van der Waals surface area contributed by atoms with Crippen LogP contribution in [0.3, 0.4) is 0 Å². The summed E-state index contributed by atoms with van der Waals surface area (Å²) in [5.74, 6) is -0.435. The van der Waals surface area contributed by atoms with E-state index in [4.69, 9.17) is 11.6 Å². The molecule has 4 N–H and O–H groups in total. The van der Waals surface area contributed by atoms with E-state index in [0.29, 0.717) is 27.9 Å². The van der Waals surface area contributed by atoms with Crippen LogP contribution >= 0.6 is 11.6 Å². The van der Waals surface area contributed by atoms with Crippen molar-refractivity contribution in [3.63, 3.8) is 0 Å². The summed E-state index contributed by atoms with van der Waals surface area (Å²) in [5.41, 5.74) is 1.04. The van der Waals surface area contributed by atoms with E-state index in [1.54, 1.807) is 35.0 Å². The molecule has 0 atom stereocenters. The lowest BCUT2D eigenvalue weighted by atomic mass is 10.3. The number of fused-ring (bicyclic) bond motifs is 1. The van der Waals surface area contributed by atoms with Crippen molar-refractivity contribution in [1.29, 1.82) is 0 Å². The number of anilines is 2. The molecule has 0 aliphatic heterocycles. The molecule has 3 heterocycles. The molecule has 0 amide bonds. The van der Waals surface area contributed by atoms with E-state index >= 15 is 0 Å². The van der Waals surface area contributed by atoms with Crippen molar-refractivity contribution in [3.8, 4) is 5.88 Å². The molecule has 0 bridgehead atoms. The van der Waals surface area contributed by atoms with Crippen molar-refractivity contribution in [3.05, 3.63) is 68.2 Å². The van der Waals surface area contributed by atoms with Gasteiger partial charge < -0.3 is 15.4 Å². The summed E-state index contributed by atoms with van der Waals surface area (Å²) in [7, 11) is 0. The quantitative estimate of drug-likeness (QED) is 0.394. The van der Waals surface area contributed by atoms with E-state index < -0.39 is 11.5 Å². The Bertz CT molecular complexity index is 1450. The Balaban J connectivity index is 1.69. The third-order valence-electron chi connectivity index (χ3n) is 4.59. The molecule has 1 fully saturated rings. The monoisotopic (exact) mass is 427 g/mol. The van der Waals surface area contributed by atoms with E-state index in [0.717, 1.165) is 12.8 Å². The molecular weight excluding hydrogens is 413 g/mol. The van der Waals surface area contributed by atoms with Gasteiger partial charge in [-0.05, 0) is 31.1 Å². The molecule has 0 saturated heterocycles. The third-order valence-corrected chi connectivity index (χ3v) is 4.98. The largest absolute Gasteiger partial charge is 0.493 e. The Hall–Kier alpha value is -3.66. The van der Waals surface area contributed by atoms with Gasteiger partial charge in [-0.3, -0.25) is 9.98 Å². The van der Waals surface area contributed by atoms with Gasteiger partial charge in [0.15, 0.2) is 11.1 Å². The fourth-order valence-corrected chi connectivity index (χ4v) is 3.17. The van der Waals surface area contributed by atoms with Gasteiger partial charge in [0.1, 0.15) is 17.3 Å². The number of nitrogens with one attached hydrogen (secondary N) is 3. The zero-order valence-electron chi connectivity index (χ0n) is 15.4. The van der Waals surface area contributed by atoms with Gasteiger partial charge in [0.2, 0.25) is 5.88 Å². The number of nitrogens with zero attached hydrogens (tertiary/aromatic N) is 4. The highest BCUT2D eigenvalue weighted by molar-refractivity contribution is 6.33. The molecule has 9 nitrogen and oxygen atoms in total. The zero-order chi connectivity index (χ0) is 20.8. The Kier molecular flexibility index (Phi) is 4.28. The van der Waals surface area contributed by atoms with E-state index in [-0.39, 0.29) is 22.6 Å². The number of benzene rings is 1. The number of aromatic nitrogens is 5. The van der Waals surface area contributed by atoms with Crippen molar-refractivity contribution >= 4 is 34.8 Å². The molecule has 0 spiro atoms. The minimum atomic E-state index is -0.545. The minimum Gasteiger partial charge on any atom is -0.493 e. The minimum absolute atomic E-state index is 0.0463. The average molecular weight is 428 g/mol. The first-order chi connectivity index (χ1) is 14.5. The van der Waals surface area contributed by atoms with Crippen molar-refractivity contribution < 1.29 is 9.50 Å². The number of aromatic hydroxyl groups is 1. The second kappa shape index (κ2) is 6.99. The van der Waals surface area contributed by atoms with Crippen LogP contribution in [0.15, 0.2) is 40.2 Å².